The maximum atomic E-state index is 5.30. The molecule has 2 heterocycles. The van der Waals surface area contributed by atoms with Gasteiger partial charge in [0.25, 0.3) is 0 Å². The Morgan fingerprint density at radius 1 is 1.20 bits per heavy atom. The normalized spacial score (nSPS) is 10.3. The predicted octanol–water partition coefficient (Wildman–Crippen LogP) is 0.535. The average molecular weight is 278 g/mol. The number of nitrogens with one attached hydrogen (secondary N) is 2. The summed E-state index contributed by atoms with van der Waals surface area (Å²) < 4.78 is 7.24. The molecule has 20 heavy (non-hydrogen) atoms. The molecule has 0 fully saturated rings. The van der Waals surface area contributed by atoms with E-state index in [-0.39, 0.29) is 6.01 Å². The summed E-state index contributed by atoms with van der Waals surface area (Å²) in [7, 11) is 1.74. The van der Waals surface area contributed by atoms with E-state index in [4.69, 9.17) is 4.74 Å². The molecule has 0 unspecified atom stereocenters. The van der Waals surface area contributed by atoms with Crippen molar-refractivity contribution in [2.24, 2.45) is 0 Å². The lowest BCUT2D eigenvalue weighted by atomic mass is 10.5. The molecule has 108 valence electrons. The molecule has 2 aromatic heterocycles. The lowest BCUT2D eigenvalue weighted by Gasteiger charge is -2.08. The molecule has 2 N–H and O–H groups in total. The highest BCUT2D eigenvalue weighted by Gasteiger charge is 2.08. The summed E-state index contributed by atoms with van der Waals surface area (Å²) in [4.78, 5) is 12.5. The molecule has 0 aliphatic carbocycles. The van der Waals surface area contributed by atoms with Crippen LogP contribution in [0.5, 0.6) is 6.01 Å². The maximum absolute atomic E-state index is 5.30. The number of aromatic nitrogens is 6. The van der Waals surface area contributed by atoms with Crippen molar-refractivity contribution in [3.8, 4) is 6.01 Å². The summed E-state index contributed by atoms with van der Waals surface area (Å²) in [6.07, 6.45) is 1.69. The first kappa shape index (κ1) is 14.0. The van der Waals surface area contributed by atoms with Crippen LogP contribution in [-0.2, 0) is 13.1 Å². The van der Waals surface area contributed by atoms with Crippen LogP contribution < -0.4 is 15.4 Å². The second kappa shape index (κ2) is 6.64. The van der Waals surface area contributed by atoms with Gasteiger partial charge in [-0.25, -0.2) is 0 Å². The molecule has 0 aliphatic heterocycles. The lowest BCUT2D eigenvalue weighted by Crippen LogP contribution is -2.12. The number of aryl methyl sites for hydroxylation is 1. The maximum Gasteiger partial charge on any atom is 0.323 e. The van der Waals surface area contributed by atoms with E-state index < -0.39 is 0 Å². The number of anilines is 2. The highest BCUT2D eigenvalue weighted by Crippen LogP contribution is 2.11. The Kier molecular flexibility index (Phi) is 4.64. The minimum absolute atomic E-state index is 0.284. The van der Waals surface area contributed by atoms with E-state index in [0.29, 0.717) is 25.0 Å². The molecule has 2 rings (SSSR count). The summed E-state index contributed by atoms with van der Waals surface area (Å²) in [5.41, 5.74) is 0. The second-order valence-corrected chi connectivity index (χ2v) is 3.83. The Bertz CT molecular complexity index is 555. The first-order chi connectivity index (χ1) is 9.76. The summed E-state index contributed by atoms with van der Waals surface area (Å²) in [5.74, 6) is 1.69. The first-order valence-electron chi connectivity index (χ1n) is 6.44. The second-order valence-electron chi connectivity index (χ2n) is 3.83. The number of rotatable bonds is 7. The van der Waals surface area contributed by atoms with Gasteiger partial charge >= 0.3 is 6.01 Å². The van der Waals surface area contributed by atoms with Gasteiger partial charge in [0.1, 0.15) is 6.33 Å². The molecule has 9 heteroatoms. The fourth-order valence-electron chi connectivity index (χ4n) is 1.58. The molecule has 2 aromatic rings. The van der Waals surface area contributed by atoms with Crippen molar-refractivity contribution < 1.29 is 4.74 Å². The van der Waals surface area contributed by atoms with Crippen LogP contribution in [0, 0.1) is 0 Å². The smallest absolute Gasteiger partial charge is 0.323 e. The van der Waals surface area contributed by atoms with Crippen LogP contribution in [0.3, 0.4) is 0 Å². The van der Waals surface area contributed by atoms with Gasteiger partial charge in [-0.3, -0.25) is 0 Å². The van der Waals surface area contributed by atoms with Crippen molar-refractivity contribution in [3.63, 3.8) is 0 Å². The van der Waals surface area contributed by atoms with E-state index in [1.165, 1.54) is 0 Å². The number of nitrogens with zero attached hydrogens (tertiary/aromatic N) is 6. The van der Waals surface area contributed by atoms with Gasteiger partial charge in [-0.2, -0.15) is 15.0 Å². The zero-order valence-electron chi connectivity index (χ0n) is 11.8. The summed E-state index contributed by atoms with van der Waals surface area (Å²) in [5, 5.41) is 13.9. The van der Waals surface area contributed by atoms with Crippen molar-refractivity contribution in [3.05, 3.63) is 12.2 Å². The Balaban J connectivity index is 2.10. The van der Waals surface area contributed by atoms with Crippen LogP contribution in [0.25, 0.3) is 0 Å². The molecule has 0 amide bonds. The predicted molar refractivity (Wildman–Crippen MR) is 73.6 cm³/mol. The largest absolute Gasteiger partial charge is 0.464 e. The zero-order chi connectivity index (χ0) is 14.4. The van der Waals surface area contributed by atoms with E-state index in [9.17, 15) is 0 Å². The van der Waals surface area contributed by atoms with E-state index >= 15 is 0 Å². The SMILES string of the molecule is CCOc1nc(NC)nc(NCc2nncn2CC)n1. The molecule has 0 spiro atoms. The van der Waals surface area contributed by atoms with Gasteiger partial charge in [-0.15, -0.1) is 10.2 Å². The van der Waals surface area contributed by atoms with Crippen LogP contribution in [0.4, 0.5) is 11.9 Å². The topological polar surface area (TPSA) is 103 Å². The molecule has 0 aromatic carbocycles. The monoisotopic (exact) mass is 278 g/mol. The van der Waals surface area contributed by atoms with Crippen LogP contribution in [0.2, 0.25) is 0 Å². The van der Waals surface area contributed by atoms with Gasteiger partial charge in [0.2, 0.25) is 11.9 Å². The van der Waals surface area contributed by atoms with Crippen molar-refractivity contribution in [2.75, 3.05) is 24.3 Å². The minimum Gasteiger partial charge on any atom is -0.464 e. The van der Waals surface area contributed by atoms with E-state index in [1.807, 2.05) is 18.4 Å². The molecule has 0 aliphatic rings. The van der Waals surface area contributed by atoms with Gasteiger partial charge in [0.05, 0.1) is 13.2 Å². The van der Waals surface area contributed by atoms with Crippen LogP contribution in [0.1, 0.15) is 19.7 Å². The van der Waals surface area contributed by atoms with E-state index in [2.05, 4.69) is 35.8 Å². The van der Waals surface area contributed by atoms with Gasteiger partial charge in [-0.1, -0.05) is 0 Å². The Labute approximate surface area is 116 Å². The third-order valence-electron chi connectivity index (χ3n) is 2.55. The molecular weight excluding hydrogens is 260 g/mol. The van der Waals surface area contributed by atoms with Crippen molar-refractivity contribution >= 4 is 11.9 Å². The van der Waals surface area contributed by atoms with Gasteiger partial charge < -0.3 is 19.9 Å². The molecule has 0 saturated carbocycles. The first-order valence-corrected chi connectivity index (χ1v) is 6.44. The molecule has 9 nitrogen and oxygen atoms in total. The molecule has 0 atom stereocenters. The summed E-state index contributed by atoms with van der Waals surface area (Å²) in [6, 6.07) is 0.284. The third kappa shape index (κ3) is 3.31. The highest BCUT2D eigenvalue weighted by molar-refractivity contribution is 5.35. The van der Waals surface area contributed by atoms with Gasteiger partial charge in [0.15, 0.2) is 5.82 Å². The van der Waals surface area contributed by atoms with Gasteiger partial charge in [0, 0.05) is 13.6 Å². The molecule has 0 radical (unpaired) electrons. The van der Waals surface area contributed by atoms with Crippen molar-refractivity contribution in [2.45, 2.75) is 26.9 Å². The van der Waals surface area contributed by atoms with Crippen LogP contribution >= 0.6 is 0 Å². The van der Waals surface area contributed by atoms with Crippen molar-refractivity contribution in [1.29, 1.82) is 0 Å². The zero-order valence-corrected chi connectivity index (χ0v) is 11.8. The Morgan fingerprint density at radius 2 is 2.00 bits per heavy atom. The lowest BCUT2D eigenvalue weighted by molar-refractivity contribution is 0.312. The van der Waals surface area contributed by atoms with E-state index in [1.54, 1.807) is 13.4 Å². The summed E-state index contributed by atoms with van der Waals surface area (Å²) in [6.45, 7) is 5.69. The molecule has 0 bridgehead atoms. The number of hydrogen-bond donors (Lipinski definition) is 2. The van der Waals surface area contributed by atoms with Crippen LogP contribution in [-0.4, -0.2) is 43.4 Å². The highest BCUT2D eigenvalue weighted by atomic mass is 16.5. The summed E-state index contributed by atoms with van der Waals surface area (Å²) >= 11 is 0. The van der Waals surface area contributed by atoms with Gasteiger partial charge in [-0.05, 0) is 13.8 Å². The molecular formula is C11H18N8O. The van der Waals surface area contributed by atoms with E-state index in [0.717, 1.165) is 12.4 Å². The van der Waals surface area contributed by atoms with Crippen molar-refractivity contribution in [1.82, 2.24) is 29.7 Å². The number of hydrogen-bond acceptors (Lipinski definition) is 8. The molecule has 0 saturated heterocycles. The van der Waals surface area contributed by atoms with Crippen LogP contribution in [0.15, 0.2) is 6.33 Å². The Hall–Kier alpha value is -2.45. The Morgan fingerprint density at radius 3 is 2.70 bits per heavy atom. The number of ether oxygens (including phenoxy) is 1. The fraction of sp³-hybridized carbons (Fsp3) is 0.545. The third-order valence-corrected chi connectivity index (χ3v) is 2.55. The minimum atomic E-state index is 0.284. The standard InChI is InChI=1S/C11H18N8O/c1-4-19-7-14-18-8(19)6-13-10-15-9(12-3)16-11(17-10)20-5-2/h7H,4-6H2,1-3H3,(H2,12,13,15,16,17). The fourth-order valence-corrected chi connectivity index (χ4v) is 1.58. The average Bonchev–Trinajstić information content (AvgIpc) is 2.92. The quantitative estimate of drug-likeness (QED) is 0.756.